The molecule has 1 nitrogen and oxygen atoms in total. The van der Waals surface area contributed by atoms with Gasteiger partial charge in [-0.05, 0) is 49.7 Å². The Morgan fingerprint density at radius 2 is 1.76 bits per heavy atom. The molecule has 1 fully saturated rings. The molecule has 0 heterocycles. The van der Waals surface area contributed by atoms with Crippen molar-refractivity contribution in [1.82, 2.24) is 5.32 Å². The first-order valence-corrected chi connectivity index (χ1v) is 8.42. The van der Waals surface area contributed by atoms with Gasteiger partial charge in [-0.3, -0.25) is 0 Å². The van der Waals surface area contributed by atoms with Crippen LogP contribution in [0, 0.1) is 11.3 Å². The molecule has 2 heteroatoms. The third-order valence-corrected chi connectivity index (χ3v) is 5.19. The van der Waals surface area contributed by atoms with Crippen LogP contribution in [0.1, 0.15) is 60.3 Å². The molecule has 0 bridgehead atoms. The van der Waals surface area contributed by atoms with Gasteiger partial charge in [0, 0.05) is 17.8 Å². The lowest BCUT2D eigenvalue weighted by Gasteiger charge is -2.38. The highest BCUT2D eigenvalue weighted by Gasteiger charge is 2.29. The molecule has 102 valence electrons. The van der Waals surface area contributed by atoms with Gasteiger partial charge in [-0.2, -0.15) is 11.8 Å². The second-order valence-corrected chi connectivity index (χ2v) is 7.96. The standard InChI is InChI=1S/C15H31NS/c1-6-17-11-12(2)16-14-9-7-13(8-10-14)15(3,4)5/h12-14,16H,6-11H2,1-5H3. The molecule has 1 saturated carbocycles. The van der Waals surface area contributed by atoms with Crippen LogP contribution in [-0.2, 0) is 0 Å². The van der Waals surface area contributed by atoms with E-state index in [2.05, 4.69) is 39.9 Å². The summed E-state index contributed by atoms with van der Waals surface area (Å²) in [7, 11) is 0. The Bertz CT molecular complexity index is 201. The van der Waals surface area contributed by atoms with Crippen molar-refractivity contribution in [2.75, 3.05) is 11.5 Å². The van der Waals surface area contributed by atoms with E-state index >= 15 is 0 Å². The van der Waals surface area contributed by atoms with Gasteiger partial charge in [0.2, 0.25) is 0 Å². The van der Waals surface area contributed by atoms with Crippen LogP contribution in [0.2, 0.25) is 0 Å². The molecular weight excluding hydrogens is 226 g/mol. The van der Waals surface area contributed by atoms with E-state index in [1.54, 1.807) is 0 Å². The van der Waals surface area contributed by atoms with Gasteiger partial charge in [0.05, 0.1) is 0 Å². The van der Waals surface area contributed by atoms with Crippen molar-refractivity contribution >= 4 is 11.8 Å². The van der Waals surface area contributed by atoms with Gasteiger partial charge in [-0.15, -0.1) is 0 Å². The first-order valence-electron chi connectivity index (χ1n) is 7.27. The highest BCUT2D eigenvalue weighted by Crippen LogP contribution is 2.37. The van der Waals surface area contributed by atoms with E-state index in [0.717, 1.165) is 12.0 Å². The van der Waals surface area contributed by atoms with Crippen LogP contribution in [0.25, 0.3) is 0 Å². The van der Waals surface area contributed by atoms with Crippen molar-refractivity contribution in [3.63, 3.8) is 0 Å². The molecule has 1 N–H and O–H groups in total. The summed E-state index contributed by atoms with van der Waals surface area (Å²) in [6.45, 7) is 11.8. The molecule has 0 aromatic rings. The van der Waals surface area contributed by atoms with Gasteiger partial charge in [-0.25, -0.2) is 0 Å². The molecule has 0 aromatic heterocycles. The summed E-state index contributed by atoms with van der Waals surface area (Å²) in [5.41, 5.74) is 0.509. The first kappa shape index (κ1) is 15.4. The summed E-state index contributed by atoms with van der Waals surface area (Å²) in [6, 6.07) is 1.46. The lowest BCUT2D eigenvalue weighted by atomic mass is 9.71. The van der Waals surface area contributed by atoms with Gasteiger partial charge in [0.15, 0.2) is 0 Å². The first-order chi connectivity index (χ1) is 7.93. The monoisotopic (exact) mass is 257 g/mol. The SMILES string of the molecule is CCSCC(C)NC1CCC(C(C)(C)C)CC1. The summed E-state index contributed by atoms with van der Waals surface area (Å²) in [5.74, 6) is 3.43. The summed E-state index contributed by atoms with van der Waals surface area (Å²) in [5, 5.41) is 3.80. The van der Waals surface area contributed by atoms with Crippen molar-refractivity contribution in [1.29, 1.82) is 0 Å². The lowest BCUT2D eigenvalue weighted by molar-refractivity contribution is 0.158. The Kier molecular flexibility index (Phi) is 6.36. The van der Waals surface area contributed by atoms with E-state index in [1.807, 2.05) is 11.8 Å². The molecule has 17 heavy (non-hydrogen) atoms. The van der Waals surface area contributed by atoms with Crippen molar-refractivity contribution in [2.24, 2.45) is 11.3 Å². The van der Waals surface area contributed by atoms with Gasteiger partial charge in [0.1, 0.15) is 0 Å². The minimum absolute atomic E-state index is 0.509. The number of rotatable bonds is 5. The second kappa shape index (κ2) is 7.04. The fraction of sp³-hybridized carbons (Fsp3) is 1.00. The Morgan fingerprint density at radius 1 is 1.18 bits per heavy atom. The number of nitrogens with one attached hydrogen (secondary N) is 1. The van der Waals surface area contributed by atoms with Gasteiger partial charge >= 0.3 is 0 Å². The normalized spacial score (nSPS) is 28.1. The van der Waals surface area contributed by atoms with Gasteiger partial charge in [0.25, 0.3) is 0 Å². The molecule has 1 unspecified atom stereocenters. The Hall–Kier alpha value is 0.310. The highest BCUT2D eigenvalue weighted by atomic mass is 32.2. The summed E-state index contributed by atoms with van der Waals surface area (Å²) < 4.78 is 0. The Balaban J connectivity index is 2.23. The minimum Gasteiger partial charge on any atom is -0.311 e. The van der Waals surface area contributed by atoms with Crippen LogP contribution in [0.15, 0.2) is 0 Å². The molecule has 1 rings (SSSR count). The van der Waals surface area contributed by atoms with Crippen LogP contribution >= 0.6 is 11.8 Å². The molecule has 1 aliphatic carbocycles. The van der Waals surface area contributed by atoms with Crippen molar-refractivity contribution in [3.8, 4) is 0 Å². The minimum atomic E-state index is 0.509. The molecule has 0 spiro atoms. The van der Waals surface area contributed by atoms with E-state index in [-0.39, 0.29) is 0 Å². The van der Waals surface area contributed by atoms with Crippen LogP contribution in [0.3, 0.4) is 0 Å². The van der Waals surface area contributed by atoms with E-state index < -0.39 is 0 Å². The van der Waals surface area contributed by atoms with E-state index in [1.165, 1.54) is 37.2 Å². The molecule has 0 saturated heterocycles. The molecule has 0 radical (unpaired) electrons. The second-order valence-electron chi connectivity index (χ2n) is 6.64. The fourth-order valence-corrected chi connectivity index (χ4v) is 3.56. The van der Waals surface area contributed by atoms with E-state index in [4.69, 9.17) is 0 Å². The predicted octanol–water partition coefficient (Wildman–Crippen LogP) is 4.32. The maximum atomic E-state index is 3.80. The maximum absolute atomic E-state index is 3.80. The molecule has 1 aliphatic rings. The van der Waals surface area contributed by atoms with Gasteiger partial charge in [-0.1, -0.05) is 27.7 Å². The molecule has 0 amide bonds. The lowest BCUT2D eigenvalue weighted by Crippen LogP contribution is -2.41. The van der Waals surface area contributed by atoms with Crippen molar-refractivity contribution in [2.45, 2.75) is 72.4 Å². The van der Waals surface area contributed by atoms with Crippen LogP contribution in [-0.4, -0.2) is 23.6 Å². The molecule has 1 atom stereocenters. The third-order valence-electron chi connectivity index (χ3n) is 4.04. The fourth-order valence-electron chi connectivity index (χ4n) is 2.87. The predicted molar refractivity (Wildman–Crippen MR) is 80.8 cm³/mol. The van der Waals surface area contributed by atoms with Crippen LogP contribution < -0.4 is 5.32 Å². The smallest absolute Gasteiger partial charge is 0.0132 e. The van der Waals surface area contributed by atoms with E-state index in [9.17, 15) is 0 Å². The zero-order chi connectivity index (χ0) is 12.9. The Morgan fingerprint density at radius 3 is 2.24 bits per heavy atom. The highest BCUT2D eigenvalue weighted by molar-refractivity contribution is 7.99. The summed E-state index contributed by atoms with van der Waals surface area (Å²) >= 11 is 2.05. The van der Waals surface area contributed by atoms with Crippen LogP contribution in [0.4, 0.5) is 0 Å². The number of hydrogen-bond donors (Lipinski definition) is 1. The zero-order valence-electron chi connectivity index (χ0n) is 12.4. The largest absolute Gasteiger partial charge is 0.311 e. The topological polar surface area (TPSA) is 12.0 Å². The van der Waals surface area contributed by atoms with E-state index in [0.29, 0.717) is 11.5 Å². The van der Waals surface area contributed by atoms with Gasteiger partial charge < -0.3 is 5.32 Å². The van der Waals surface area contributed by atoms with Crippen LogP contribution in [0.5, 0.6) is 0 Å². The third kappa shape index (κ3) is 5.65. The quantitative estimate of drug-likeness (QED) is 0.787. The zero-order valence-corrected chi connectivity index (χ0v) is 13.2. The summed E-state index contributed by atoms with van der Waals surface area (Å²) in [4.78, 5) is 0. The average molecular weight is 257 g/mol. The molecular formula is C15H31NS. The Labute approximate surface area is 113 Å². The number of hydrogen-bond acceptors (Lipinski definition) is 2. The maximum Gasteiger partial charge on any atom is 0.0132 e. The van der Waals surface area contributed by atoms with Crippen molar-refractivity contribution in [3.05, 3.63) is 0 Å². The average Bonchev–Trinajstić information content (AvgIpc) is 2.26. The summed E-state index contributed by atoms with van der Waals surface area (Å²) in [6.07, 6.45) is 5.58. The molecule has 0 aliphatic heterocycles. The number of thioether (sulfide) groups is 1. The van der Waals surface area contributed by atoms with Crippen molar-refractivity contribution < 1.29 is 0 Å². The molecule has 0 aromatic carbocycles.